The van der Waals surface area contributed by atoms with Crippen molar-refractivity contribution in [1.29, 1.82) is 0 Å². The Kier molecular flexibility index (Phi) is 5.53. The molecule has 1 saturated heterocycles. The average Bonchev–Trinajstić information content (AvgIpc) is 2.60. The highest BCUT2D eigenvalue weighted by Crippen LogP contribution is 2.30. The topological polar surface area (TPSA) is 58.4 Å². The molecule has 1 fully saturated rings. The maximum absolute atomic E-state index is 12.0. The van der Waals surface area contributed by atoms with Crippen LogP contribution in [-0.4, -0.2) is 40.9 Å². The van der Waals surface area contributed by atoms with Gasteiger partial charge in [0, 0.05) is 30.0 Å². The Balaban J connectivity index is 1.78. The van der Waals surface area contributed by atoms with E-state index in [4.69, 9.17) is 5.73 Å². The second kappa shape index (κ2) is 7.18. The molecule has 116 valence electrons. The van der Waals surface area contributed by atoms with Gasteiger partial charge in [-0.05, 0) is 25.1 Å². The van der Waals surface area contributed by atoms with Crippen LogP contribution in [0.2, 0.25) is 0 Å². The lowest BCUT2D eigenvalue weighted by molar-refractivity contribution is -0.116. The lowest BCUT2D eigenvalue weighted by atomic mass is 10.1. The lowest BCUT2D eigenvalue weighted by Crippen LogP contribution is -2.30. The third kappa shape index (κ3) is 5.25. The Labute approximate surface area is 131 Å². The summed E-state index contributed by atoms with van der Waals surface area (Å²) in [6.07, 6.45) is 1.68. The molecule has 0 atom stereocenters. The smallest absolute Gasteiger partial charge is 0.225 e. The van der Waals surface area contributed by atoms with Crippen molar-refractivity contribution in [3.05, 3.63) is 24.3 Å². The van der Waals surface area contributed by atoms with Gasteiger partial charge in [0.2, 0.25) is 5.91 Å². The first-order chi connectivity index (χ1) is 9.96. The molecule has 0 radical (unpaired) electrons. The van der Waals surface area contributed by atoms with Crippen LogP contribution in [0.3, 0.4) is 0 Å². The largest absolute Gasteiger partial charge is 0.397 e. The van der Waals surface area contributed by atoms with E-state index in [9.17, 15) is 4.79 Å². The molecule has 0 spiro atoms. The molecule has 1 aromatic rings. The Morgan fingerprint density at radius 3 is 2.90 bits per heavy atom. The van der Waals surface area contributed by atoms with Gasteiger partial charge in [-0.2, -0.15) is 11.8 Å². The zero-order chi connectivity index (χ0) is 15.3. The van der Waals surface area contributed by atoms with Gasteiger partial charge in [-0.1, -0.05) is 26.0 Å². The normalized spacial score (nSPS) is 19.0. The van der Waals surface area contributed by atoms with Crippen molar-refractivity contribution < 1.29 is 4.79 Å². The molecule has 1 aliphatic rings. The summed E-state index contributed by atoms with van der Waals surface area (Å²) >= 11 is 2.03. The maximum Gasteiger partial charge on any atom is 0.225 e. The van der Waals surface area contributed by atoms with Gasteiger partial charge in [0.05, 0.1) is 11.4 Å². The molecular weight excluding hydrogens is 282 g/mol. The van der Waals surface area contributed by atoms with Crippen LogP contribution in [0.5, 0.6) is 0 Å². The molecule has 4 nitrogen and oxygen atoms in total. The van der Waals surface area contributed by atoms with Crippen molar-refractivity contribution in [2.45, 2.75) is 31.4 Å². The molecule has 0 bridgehead atoms. The summed E-state index contributed by atoms with van der Waals surface area (Å²) in [7, 11) is 0. The summed E-state index contributed by atoms with van der Waals surface area (Å²) in [6.45, 7) is 7.54. The van der Waals surface area contributed by atoms with Gasteiger partial charge in [-0.15, -0.1) is 0 Å². The highest BCUT2D eigenvalue weighted by molar-refractivity contribution is 8.00. The van der Waals surface area contributed by atoms with E-state index in [1.165, 1.54) is 6.42 Å². The number of para-hydroxylation sites is 2. The summed E-state index contributed by atoms with van der Waals surface area (Å²) in [5.41, 5.74) is 7.14. The molecule has 3 N–H and O–H groups in total. The zero-order valence-corrected chi connectivity index (χ0v) is 13.7. The van der Waals surface area contributed by atoms with Gasteiger partial charge in [-0.25, -0.2) is 0 Å². The first-order valence-corrected chi connectivity index (χ1v) is 8.45. The fourth-order valence-electron chi connectivity index (χ4n) is 2.37. The molecule has 21 heavy (non-hydrogen) atoms. The summed E-state index contributed by atoms with van der Waals surface area (Å²) in [5.74, 6) is 1.17. The van der Waals surface area contributed by atoms with E-state index in [1.54, 1.807) is 6.07 Å². The molecule has 1 amide bonds. The molecule has 1 aliphatic heterocycles. The van der Waals surface area contributed by atoms with Gasteiger partial charge in [0.1, 0.15) is 0 Å². The van der Waals surface area contributed by atoms with Crippen molar-refractivity contribution in [3.63, 3.8) is 0 Å². The minimum Gasteiger partial charge on any atom is -0.397 e. The number of carbonyl (C=O) groups excluding carboxylic acids is 1. The van der Waals surface area contributed by atoms with Crippen LogP contribution >= 0.6 is 11.8 Å². The SMILES string of the molecule is CC1(C)CCN(CCC(=O)Nc2ccccc2N)CCS1. The standard InChI is InChI=1S/C16H25N3OS/c1-16(2)8-10-19(11-12-21-16)9-7-15(20)18-14-6-4-3-5-13(14)17/h3-6H,7-12,17H2,1-2H3,(H,18,20). The summed E-state index contributed by atoms with van der Waals surface area (Å²) in [6, 6.07) is 7.36. The summed E-state index contributed by atoms with van der Waals surface area (Å²) in [5, 5.41) is 2.89. The van der Waals surface area contributed by atoms with Crippen molar-refractivity contribution in [2.75, 3.05) is 36.4 Å². The molecule has 2 rings (SSSR count). The molecular formula is C16H25N3OS. The van der Waals surface area contributed by atoms with Crippen LogP contribution in [0.25, 0.3) is 0 Å². The second-order valence-electron chi connectivity index (χ2n) is 6.09. The molecule has 1 aromatic carbocycles. The fourth-order valence-corrected chi connectivity index (χ4v) is 3.51. The van der Waals surface area contributed by atoms with Gasteiger partial charge >= 0.3 is 0 Å². The van der Waals surface area contributed by atoms with Crippen LogP contribution in [-0.2, 0) is 4.79 Å². The van der Waals surface area contributed by atoms with E-state index in [0.717, 1.165) is 25.4 Å². The van der Waals surface area contributed by atoms with Crippen molar-refractivity contribution >= 4 is 29.0 Å². The predicted molar refractivity (Wildman–Crippen MR) is 91.7 cm³/mol. The summed E-state index contributed by atoms with van der Waals surface area (Å²) < 4.78 is 0.357. The number of carbonyl (C=O) groups is 1. The van der Waals surface area contributed by atoms with E-state index >= 15 is 0 Å². The highest BCUT2D eigenvalue weighted by Gasteiger charge is 2.23. The van der Waals surface area contributed by atoms with E-state index in [-0.39, 0.29) is 5.91 Å². The first-order valence-electron chi connectivity index (χ1n) is 7.47. The lowest BCUT2D eigenvalue weighted by Gasteiger charge is -2.22. The predicted octanol–water partition coefficient (Wildman–Crippen LogP) is 2.81. The minimum atomic E-state index is 0.0315. The Bertz CT molecular complexity index is 490. The van der Waals surface area contributed by atoms with E-state index in [0.29, 0.717) is 22.5 Å². The highest BCUT2D eigenvalue weighted by atomic mass is 32.2. The maximum atomic E-state index is 12.0. The van der Waals surface area contributed by atoms with Crippen LogP contribution in [0.15, 0.2) is 24.3 Å². The molecule has 0 saturated carbocycles. The molecule has 1 heterocycles. The molecule has 5 heteroatoms. The first kappa shape index (κ1) is 16.2. The second-order valence-corrected chi connectivity index (χ2v) is 7.89. The fraction of sp³-hybridized carbons (Fsp3) is 0.562. The van der Waals surface area contributed by atoms with Crippen molar-refractivity contribution in [1.82, 2.24) is 4.90 Å². The number of thioether (sulfide) groups is 1. The van der Waals surface area contributed by atoms with Gasteiger partial charge in [-0.3, -0.25) is 4.79 Å². The number of amides is 1. The molecule has 0 aliphatic carbocycles. The molecule has 0 aromatic heterocycles. The zero-order valence-electron chi connectivity index (χ0n) is 12.9. The Morgan fingerprint density at radius 1 is 1.38 bits per heavy atom. The monoisotopic (exact) mass is 307 g/mol. The van der Waals surface area contributed by atoms with Crippen LogP contribution < -0.4 is 11.1 Å². The summed E-state index contributed by atoms with van der Waals surface area (Å²) in [4.78, 5) is 14.4. The number of benzene rings is 1. The van der Waals surface area contributed by atoms with E-state index < -0.39 is 0 Å². The number of nitrogen functional groups attached to an aromatic ring is 1. The third-order valence-corrected chi connectivity index (χ3v) is 5.19. The van der Waals surface area contributed by atoms with Gasteiger partial charge in [0.25, 0.3) is 0 Å². The number of anilines is 2. The van der Waals surface area contributed by atoms with Crippen LogP contribution in [0.4, 0.5) is 11.4 Å². The number of hydrogen-bond donors (Lipinski definition) is 2. The number of rotatable bonds is 4. The van der Waals surface area contributed by atoms with Gasteiger partial charge in [0.15, 0.2) is 0 Å². The number of nitrogens with one attached hydrogen (secondary N) is 1. The number of nitrogens with two attached hydrogens (primary N) is 1. The number of hydrogen-bond acceptors (Lipinski definition) is 4. The number of nitrogens with zero attached hydrogens (tertiary/aromatic N) is 1. The van der Waals surface area contributed by atoms with Crippen molar-refractivity contribution in [3.8, 4) is 0 Å². The Hall–Kier alpha value is -1.20. The Morgan fingerprint density at radius 2 is 2.14 bits per heavy atom. The van der Waals surface area contributed by atoms with Crippen molar-refractivity contribution in [2.24, 2.45) is 0 Å². The van der Waals surface area contributed by atoms with Crippen LogP contribution in [0.1, 0.15) is 26.7 Å². The minimum absolute atomic E-state index is 0.0315. The van der Waals surface area contributed by atoms with E-state index in [2.05, 4.69) is 24.1 Å². The molecule has 0 unspecified atom stereocenters. The van der Waals surface area contributed by atoms with Gasteiger partial charge < -0.3 is 16.0 Å². The van der Waals surface area contributed by atoms with Crippen LogP contribution in [0, 0.1) is 0 Å². The quantitative estimate of drug-likeness (QED) is 0.840. The third-order valence-electron chi connectivity index (χ3n) is 3.82. The average molecular weight is 307 g/mol. The van der Waals surface area contributed by atoms with E-state index in [1.807, 2.05) is 30.0 Å².